The van der Waals surface area contributed by atoms with Gasteiger partial charge < -0.3 is 20.5 Å². The molecule has 1 rings (SSSR count). The Morgan fingerprint density at radius 3 is 2.70 bits per heavy atom. The molecule has 112 valence electrons. The summed E-state index contributed by atoms with van der Waals surface area (Å²) in [5.41, 5.74) is 1.91. The number of ether oxygens (including phenoxy) is 1. The normalized spacial score (nSPS) is 11.9. The minimum Gasteiger partial charge on any atom is -0.481 e. The molecule has 0 aliphatic carbocycles. The maximum Gasteiger partial charge on any atom is 0.315 e. The minimum atomic E-state index is -0.968. The second-order valence-corrected chi connectivity index (χ2v) is 4.40. The van der Waals surface area contributed by atoms with Crippen LogP contribution >= 0.6 is 0 Å². The molecule has 2 amide bonds. The van der Waals surface area contributed by atoms with Crippen molar-refractivity contribution in [1.82, 2.24) is 20.4 Å². The van der Waals surface area contributed by atoms with Gasteiger partial charge in [0.1, 0.15) is 0 Å². The lowest BCUT2D eigenvalue weighted by atomic mass is 10.2. The predicted molar refractivity (Wildman–Crippen MR) is 71.2 cm³/mol. The highest BCUT2D eigenvalue weighted by Crippen LogP contribution is 2.04. The van der Waals surface area contributed by atoms with Crippen molar-refractivity contribution in [3.63, 3.8) is 0 Å². The van der Waals surface area contributed by atoms with E-state index in [9.17, 15) is 9.59 Å². The molecular weight excluding hydrogens is 264 g/mol. The summed E-state index contributed by atoms with van der Waals surface area (Å²) in [5, 5.41) is 18.0. The Hall–Kier alpha value is -2.09. The molecule has 0 spiro atoms. The van der Waals surface area contributed by atoms with E-state index in [2.05, 4.69) is 15.7 Å². The van der Waals surface area contributed by atoms with Crippen LogP contribution in [-0.4, -0.2) is 46.6 Å². The van der Waals surface area contributed by atoms with Gasteiger partial charge in [-0.15, -0.1) is 0 Å². The van der Waals surface area contributed by atoms with Crippen LogP contribution in [0.4, 0.5) is 4.79 Å². The monoisotopic (exact) mass is 284 g/mol. The van der Waals surface area contributed by atoms with Crippen molar-refractivity contribution >= 4 is 12.0 Å². The molecule has 0 bridgehead atoms. The van der Waals surface area contributed by atoms with Crippen LogP contribution in [0.25, 0.3) is 0 Å². The Bertz CT molecular complexity index is 472. The van der Waals surface area contributed by atoms with Gasteiger partial charge in [0.25, 0.3) is 0 Å². The van der Waals surface area contributed by atoms with E-state index in [0.29, 0.717) is 6.54 Å². The van der Waals surface area contributed by atoms with Gasteiger partial charge in [-0.25, -0.2) is 4.79 Å². The first-order valence-corrected chi connectivity index (χ1v) is 6.17. The van der Waals surface area contributed by atoms with E-state index in [0.717, 1.165) is 11.3 Å². The van der Waals surface area contributed by atoms with Gasteiger partial charge in [-0.1, -0.05) is 0 Å². The molecule has 0 aromatic carbocycles. The number of aromatic nitrogens is 2. The number of methoxy groups -OCH3 is 1. The summed E-state index contributed by atoms with van der Waals surface area (Å²) in [6, 6.07) is -0.374. The molecule has 0 radical (unpaired) electrons. The van der Waals surface area contributed by atoms with Crippen LogP contribution in [0.3, 0.4) is 0 Å². The molecule has 1 aromatic rings. The molecule has 1 aromatic heterocycles. The van der Waals surface area contributed by atoms with Crippen LogP contribution < -0.4 is 10.6 Å². The average molecular weight is 284 g/mol. The Labute approximate surface area is 117 Å². The first kappa shape index (κ1) is 16.0. The van der Waals surface area contributed by atoms with Gasteiger partial charge in [0.05, 0.1) is 18.7 Å². The molecule has 1 atom stereocenters. The Morgan fingerprint density at radius 2 is 2.20 bits per heavy atom. The van der Waals surface area contributed by atoms with Crippen LogP contribution in [0.2, 0.25) is 0 Å². The fourth-order valence-corrected chi connectivity index (χ4v) is 1.60. The summed E-state index contributed by atoms with van der Waals surface area (Å²) in [6.07, 6.45) is 0.995. The van der Waals surface area contributed by atoms with E-state index in [1.807, 2.05) is 14.0 Å². The van der Waals surface area contributed by atoms with E-state index in [1.54, 1.807) is 10.9 Å². The van der Waals surface area contributed by atoms with Crippen LogP contribution in [0.5, 0.6) is 0 Å². The van der Waals surface area contributed by atoms with E-state index >= 15 is 0 Å². The maximum absolute atomic E-state index is 11.6. The number of nitrogens with zero attached hydrogens (tertiary/aromatic N) is 2. The van der Waals surface area contributed by atoms with Gasteiger partial charge in [0, 0.05) is 38.5 Å². The summed E-state index contributed by atoms with van der Waals surface area (Å²) < 4.78 is 6.69. The Kier molecular flexibility index (Phi) is 5.98. The lowest BCUT2D eigenvalue weighted by molar-refractivity contribution is -0.139. The molecule has 0 aliphatic heterocycles. The number of carboxylic acid groups (broad SMARTS) is 1. The number of nitrogens with one attached hydrogen (secondary N) is 2. The number of carboxylic acids is 1. The molecule has 0 saturated carbocycles. The average Bonchev–Trinajstić information content (AvgIpc) is 2.72. The second-order valence-electron chi connectivity index (χ2n) is 4.40. The Morgan fingerprint density at radius 1 is 1.50 bits per heavy atom. The number of urea groups is 1. The van der Waals surface area contributed by atoms with Crippen molar-refractivity contribution in [3.8, 4) is 0 Å². The standard InChI is InChI=1S/C12H20N4O4/c1-8-9(6-15-16(8)2)5-13-12(19)14-7-10(20-3)4-11(17)18/h6,10H,4-5,7H2,1-3H3,(H,17,18)(H2,13,14,19). The molecule has 0 fully saturated rings. The van der Waals surface area contributed by atoms with Gasteiger partial charge in [-0.3, -0.25) is 9.48 Å². The third-order valence-corrected chi connectivity index (χ3v) is 3.00. The van der Waals surface area contributed by atoms with Crippen LogP contribution in [0.1, 0.15) is 17.7 Å². The lowest BCUT2D eigenvalue weighted by Gasteiger charge is -2.14. The van der Waals surface area contributed by atoms with E-state index in [1.165, 1.54) is 7.11 Å². The third-order valence-electron chi connectivity index (χ3n) is 3.00. The van der Waals surface area contributed by atoms with Crippen LogP contribution in [-0.2, 0) is 23.1 Å². The first-order chi connectivity index (χ1) is 9.43. The Balaban J connectivity index is 2.33. The molecule has 1 unspecified atom stereocenters. The van der Waals surface area contributed by atoms with Gasteiger partial charge in [-0.2, -0.15) is 5.10 Å². The molecule has 3 N–H and O–H groups in total. The quantitative estimate of drug-likeness (QED) is 0.654. The van der Waals surface area contributed by atoms with Gasteiger partial charge in [0.15, 0.2) is 0 Å². The molecule has 0 saturated heterocycles. The van der Waals surface area contributed by atoms with Crippen LogP contribution in [0.15, 0.2) is 6.20 Å². The van der Waals surface area contributed by atoms with Crippen molar-refractivity contribution in [3.05, 3.63) is 17.5 Å². The minimum absolute atomic E-state index is 0.140. The summed E-state index contributed by atoms with van der Waals surface area (Å²) in [6.45, 7) is 2.42. The predicted octanol–water partition coefficient (Wildman–Crippen LogP) is 0.0174. The number of hydrogen-bond donors (Lipinski definition) is 3. The molecule has 1 heterocycles. The van der Waals surface area contributed by atoms with Crippen molar-refractivity contribution in [2.75, 3.05) is 13.7 Å². The highest BCUT2D eigenvalue weighted by Gasteiger charge is 2.13. The summed E-state index contributed by atoms with van der Waals surface area (Å²) in [5.74, 6) is -0.968. The van der Waals surface area contributed by atoms with Crippen LogP contribution in [0, 0.1) is 6.92 Å². The number of carbonyl (C=O) groups is 2. The summed E-state index contributed by atoms with van der Waals surface area (Å²) in [7, 11) is 3.24. The fraction of sp³-hybridized carbons (Fsp3) is 0.583. The van der Waals surface area contributed by atoms with E-state index in [4.69, 9.17) is 9.84 Å². The van der Waals surface area contributed by atoms with E-state index in [-0.39, 0.29) is 19.0 Å². The maximum atomic E-state index is 11.6. The topological polar surface area (TPSA) is 105 Å². The number of carbonyl (C=O) groups excluding carboxylic acids is 1. The second kappa shape index (κ2) is 7.49. The zero-order valence-electron chi connectivity index (χ0n) is 11.8. The molecular formula is C12H20N4O4. The molecule has 0 aliphatic rings. The number of amides is 2. The number of aliphatic carboxylic acids is 1. The summed E-state index contributed by atoms with van der Waals surface area (Å²) >= 11 is 0. The fourth-order valence-electron chi connectivity index (χ4n) is 1.60. The van der Waals surface area contributed by atoms with Crippen molar-refractivity contribution in [2.24, 2.45) is 7.05 Å². The van der Waals surface area contributed by atoms with Gasteiger partial charge in [-0.05, 0) is 6.92 Å². The zero-order chi connectivity index (χ0) is 15.1. The summed E-state index contributed by atoms with van der Waals surface area (Å²) in [4.78, 5) is 22.1. The largest absolute Gasteiger partial charge is 0.481 e. The molecule has 8 heteroatoms. The SMILES string of the molecule is COC(CNC(=O)NCc1cnn(C)c1C)CC(=O)O. The molecule has 8 nitrogen and oxygen atoms in total. The number of rotatable bonds is 7. The number of aryl methyl sites for hydroxylation is 1. The highest BCUT2D eigenvalue weighted by molar-refractivity contribution is 5.74. The van der Waals surface area contributed by atoms with Gasteiger partial charge >= 0.3 is 12.0 Å². The van der Waals surface area contributed by atoms with Crippen molar-refractivity contribution in [1.29, 1.82) is 0 Å². The lowest BCUT2D eigenvalue weighted by Crippen LogP contribution is -2.40. The zero-order valence-corrected chi connectivity index (χ0v) is 11.8. The van der Waals surface area contributed by atoms with E-state index < -0.39 is 12.1 Å². The molecule has 20 heavy (non-hydrogen) atoms. The van der Waals surface area contributed by atoms with Crippen molar-refractivity contribution in [2.45, 2.75) is 26.0 Å². The third kappa shape index (κ3) is 4.88. The smallest absolute Gasteiger partial charge is 0.315 e. The first-order valence-electron chi connectivity index (χ1n) is 6.17. The number of hydrogen-bond acceptors (Lipinski definition) is 4. The highest BCUT2D eigenvalue weighted by atomic mass is 16.5. The van der Waals surface area contributed by atoms with Gasteiger partial charge in [0.2, 0.25) is 0 Å². The van der Waals surface area contributed by atoms with Crippen molar-refractivity contribution < 1.29 is 19.4 Å².